The van der Waals surface area contributed by atoms with Crippen LogP contribution in [0.3, 0.4) is 0 Å². The standard InChI is InChI=1S/C17H33N3O2/c1-3-16(7-5-6-8-16)13-19-15(18-4-2)20-14-17(21)9-11-22-12-10-17/h21H,3-14H2,1-2H3,(H2,18,19,20). The Morgan fingerprint density at radius 3 is 2.36 bits per heavy atom. The van der Waals surface area contributed by atoms with Crippen molar-refractivity contribution >= 4 is 5.96 Å². The van der Waals surface area contributed by atoms with Gasteiger partial charge < -0.3 is 20.5 Å². The Kier molecular flexibility index (Phi) is 6.50. The molecule has 0 atom stereocenters. The van der Waals surface area contributed by atoms with Crippen LogP contribution >= 0.6 is 0 Å². The molecule has 0 aromatic carbocycles. The predicted molar refractivity (Wildman–Crippen MR) is 90.2 cm³/mol. The van der Waals surface area contributed by atoms with E-state index in [1.165, 1.54) is 32.1 Å². The van der Waals surface area contributed by atoms with Crippen LogP contribution in [0.4, 0.5) is 0 Å². The minimum atomic E-state index is -0.662. The van der Waals surface area contributed by atoms with Crippen molar-refractivity contribution in [2.75, 3.05) is 32.8 Å². The normalized spacial score (nSPS) is 24.2. The van der Waals surface area contributed by atoms with E-state index in [0.29, 0.717) is 38.0 Å². The lowest BCUT2D eigenvalue weighted by molar-refractivity contribution is -0.0594. The molecule has 0 spiro atoms. The second-order valence-corrected chi connectivity index (χ2v) is 6.95. The number of ether oxygens (including phenoxy) is 1. The molecule has 22 heavy (non-hydrogen) atoms. The summed E-state index contributed by atoms with van der Waals surface area (Å²) in [5.41, 5.74) is -0.262. The summed E-state index contributed by atoms with van der Waals surface area (Å²) in [6.45, 7) is 7.92. The van der Waals surface area contributed by atoms with Gasteiger partial charge in [-0.15, -0.1) is 0 Å². The van der Waals surface area contributed by atoms with E-state index in [2.05, 4.69) is 24.5 Å². The van der Waals surface area contributed by atoms with E-state index in [1.54, 1.807) is 0 Å². The summed E-state index contributed by atoms with van der Waals surface area (Å²) >= 11 is 0. The summed E-state index contributed by atoms with van der Waals surface area (Å²) < 4.78 is 5.33. The van der Waals surface area contributed by atoms with Crippen molar-refractivity contribution in [2.45, 2.75) is 64.4 Å². The van der Waals surface area contributed by atoms with Crippen LogP contribution in [0.5, 0.6) is 0 Å². The predicted octanol–water partition coefficient (Wildman–Crippen LogP) is 2.05. The van der Waals surface area contributed by atoms with E-state index in [-0.39, 0.29) is 0 Å². The fraction of sp³-hybridized carbons (Fsp3) is 0.941. The van der Waals surface area contributed by atoms with Crippen molar-refractivity contribution in [2.24, 2.45) is 10.4 Å². The molecule has 5 heteroatoms. The zero-order chi connectivity index (χ0) is 15.9. The van der Waals surface area contributed by atoms with E-state index in [4.69, 9.17) is 9.73 Å². The molecule has 1 saturated carbocycles. The molecule has 1 aliphatic heterocycles. The average Bonchev–Trinajstić information content (AvgIpc) is 3.00. The lowest BCUT2D eigenvalue weighted by atomic mass is 9.84. The molecule has 1 saturated heterocycles. The van der Waals surface area contributed by atoms with Gasteiger partial charge in [0.25, 0.3) is 0 Å². The number of aliphatic hydroxyl groups is 1. The van der Waals surface area contributed by atoms with Gasteiger partial charge >= 0.3 is 0 Å². The van der Waals surface area contributed by atoms with E-state index >= 15 is 0 Å². The first-order valence-corrected chi connectivity index (χ1v) is 8.94. The Balaban J connectivity index is 1.89. The molecule has 1 heterocycles. The molecule has 3 N–H and O–H groups in total. The Morgan fingerprint density at radius 1 is 1.09 bits per heavy atom. The van der Waals surface area contributed by atoms with Gasteiger partial charge in [-0.2, -0.15) is 0 Å². The van der Waals surface area contributed by atoms with Gasteiger partial charge in [-0.25, -0.2) is 0 Å². The fourth-order valence-corrected chi connectivity index (χ4v) is 3.51. The van der Waals surface area contributed by atoms with E-state index in [9.17, 15) is 5.11 Å². The molecule has 0 aromatic rings. The largest absolute Gasteiger partial charge is 0.388 e. The van der Waals surface area contributed by atoms with Crippen LogP contribution in [0, 0.1) is 5.41 Å². The van der Waals surface area contributed by atoms with Crippen LogP contribution in [-0.2, 0) is 4.74 Å². The minimum Gasteiger partial charge on any atom is -0.388 e. The second-order valence-electron chi connectivity index (χ2n) is 6.95. The SMILES string of the molecule is CCNC(=NCC1(CC)CCCC1)NCC1(O)CCOCC1. The van der Waals surface area contributed by atoms with Crippen LogP contribution in [0.25, 0.3) is 0 Å². The highest BCUT2D eigenvalue weighted by Gasteiger charge is 2.32. The van der Waals surface area contributed by atoms with Crippen molar-refractivity contribution in [1.82, 2.24) is 10.6 Å². The smallest absolute Gasteiger partial charge is 0.191 e. The van der Waals surface area contributed by atoms with Gasteiger partial charge in [-0.3, -0.25) is 4.99 Å². The average molecular weight is 311 g/mol. The van der Waals surface area contributed by atoms with Crippen molar-refractivity contribution in [3.8, 4) is 0 Å². The third kappa shape index (κ3) is 4.85. The molecule has 0 aromatic heterocycles. The molecule has 128 valence electrons. The van der Waals surface area contributed by atoms with Gasteiger partial charge in [0.2, 0.25) is 0 Å². The molecule has 2 fully saturated rings. The first-order chi connectivity index (χ1) is 10.6. The van der Waals surface area contributed by atoms with Crippen molar-refractivity contribution in [3.05, 3.63) is 0 Å². The fourth-order valence-electron chi connectivity index (χ4n) is 3.51. The van der Waals surface area contributed by atoms with Gasteiger partial charge in [0.15, 0.2) is 5.96 Å². The zero-order valence-electron chi connectivity index (χ0n) is 14.3. The van der Waals surface area contributed by atoms with Gasteiger partial charge in [-0.1, -0.05) is 19.8 Å². The van der Waals surface area contributed by atoms with Gasteiger partial charge in [0.05, 0.1) is 5.60 Å². The summed E-state index contributed by atoms with van der Waals surface area (Å²) in [6, 6.07) is 0. The summed E-state index contributed by atoms with van der Waals surface area (Å²) in [5.74, 6) is 0.835. The Hall–Kier alpha value is -0.810. The number of rotatable bonds is 6. The molecular formula is C17H33N3O2. The monoisotopic (exact) mass is 311 g/mol. The number of hydrogen-bond donors (Lipinski definition) is 3. The highest BCUT2D eigenvalue weighted by atomic mass is 16.5. The Bertz CT molecular complexity index is 359. The van der Waals surface area contributed by atoms with Crippen LogP contribution in [-0.4, -0.2) is 49.5 Å². The number of aliphatic imine (C=N–C) groups is 1. The van der Waals surface area contributed by atoms with Crippen molar-refractivity contribution in [1.29, 1.82) is 0 Å². The summed E-state index contributed by atoms with van der Waals surface area (Å²) in [7, 11) is 0. The van der Waals surface area contributed by atoms with E-state index in [0.717, 1.165) is 19.0 Å². The number of hydrogen-bond acceptors (Lipinski definition) is 3. The molecule has 0 radical (unpaired) electrons. The van der Waals surface area contributed by atoms with Crippen molar-refractivity contribution < 1.29 is 9.84 Å². The van der Waals surface area contributed by atoms with E-state index < -0.39 is 5.60 Å². The molecule has 0 bridgehead atoms. The quantitative estimate of drug-likeness (QED) is 0.519. The highest BCUT2D eigenvalue weighted by molar-refractivity contribution is 5.79. The highest BCUT2D eigenvalue weighted by Crippen LogP contribution is 2.41. The van der Waals surface area contributed by atoms with Crippen LogP contribution in [0.15, 0.2) is 4.99 Å². The van der Waals surface area contributed by atoms with Gasteiger partial charge in [-0.05, 0) is 31.6 Å². The first-order valence-electron chi connectivity index (χ1n) is 8.94. The molecule has 5 nitrogen and oxygen atoms in total. The second kappa shape index (κ2) is 8.16. The lowest BCUT2D eigenvalue weighted by Crippen LogP contribution is -2.49. The number of nitrogens with one attached hydrogen (secondary N) is 2. The molecule has 0 amide bonds. The van der Waals surface area contributed by atoms with E-state index in [1.807, 2.05) is 0 Å². The molecule has 2 aliphatic rings. The summed E-state index contributed by atoms with van der Waals surface area (Å²) in [4.78, 5) is 4.81. The summed E-state index contributed by atoms with van der Waals surface area (Å²) in [6.07, 6.45) is 7.87. The molecule has 0 unspecified atom stereocenters. The van der Waals surface area contributed by atoms with Crippen LogP contribution in [0.1, 0.15) is 58.8 Å². The Morgan fingerprint density at radius 2 is 1.77 bits per heavy atom. The first kappa shape index (κ1) is 17.5. The van der Waals surface area contributed by atoms with Gasteiger partial charge in [0.1, 0.15) is 0 Å². The maximum atomic E-state index is 10.5. The van der Waals surface area contributed by atoms with Crippen LogP contribution in [0.2, 0.25) is 0 Å². The van der Waals surface area contributed by atoms with Crippen LogP contribution < -0.4 is 10.6 Å². The van der Waals surface area contributed by atoms with Crippen molar-refractivity contribution in [3.63, 3.8) is 0 Å². The lowest BCUT2D eigenvalue weighted by Gasteiger charge is -2.33. The molecule has 2 rings (SSSR count). The maximum absolute atomic E-state index is 10.5. The zero-order valence-corrected chi connectivity index (χ0v) is 14.3. The topological polar surface area (TPSA) is 65.9 Å². The maximum Gasteiger partial charge on any atom is 0.191 e. The third-order valence-electron chi connectivity index (χ3n) is 5.34. The number of guanidine groups is 1. The number of nitrogens with zero attached hydrogens (tertiary/aromatic N) is 1. The Labute approximate surface area is 134 Å². The molecular weight excluding hydrogens is 278 g/mol. The molecule has 1 aliphatic carbocycles. The summed E-state index contributed by atoms with van der Waals surface area (Å²) in [5, 5.41) is 17.2. The minimum absolute atomic E-state index is 0.401. The third-order valence-corrected chi connectivity index (χ3v) is 5.34. The van der Waals surface area contributed by atoms with Gasteiger partial charge in [0, 0.05) is 45.7 Å².